The molecular formula is C13H7Br2F3O. The minimum atomic E-state index is -1.52. The number of halogens is 5. The van der Waals surface area contributed by atoms with Gasteiger partial charge in [-0.25, -0.2) is 13.2 Å². The largest absolute Gasteiger partial charge is 0.383 e. The zero-order valence-electron chi connectivity index (χ0n) is 9.30. The van der Waals surface area contributed by atoms with Crippen molar-refractivity contribution in [1.82, 2.24) is 0 Å². The van der Waals surface area contributed by atoms with Crippen LogP contribution in [0.25, 0.3) is 0 Å². The van der Waals surface area contributed by atoms with Crippen molar-refractivity contribution in [1.29, 1.82) is 0 Å². The topological polar surface area (TPSA) is 20.2 Å². The fourth-order valence-corrected chi connectivity index (χ4v) is 2.38. The molecule has 1 atom stereocenters. The Labute approximate surface area is 124 Å². The molecule has 1 unspecified atom stereocenters. The van der Waals surface area contributed by atoms with Crippen molar-refractivity contribution in [3.8, 4) is 0 Å². The number of rotatable bonds is 2. The second kappa shape index (κ2) is 5.64. The maximum absolute atomic E-state index is 13.8. The van der Waals surface area contributed by atoms with Gasteiger partial charge in [0.1, 0.15) is 23.6 Å². The van der Waals surface area contributed by atoms with Gasteiger partial charge in [-0.15, -0.1) is 0 Å². The standard InChI is InChI=1S/C13H7Br2F3O/c14-7-2-4-10(17)11(12(7)18)13(19)6-1-3-9(16)8(15)5-6/h1-5,13,19H. The van der Waals surface area contributed by atoms with Crippen molar-refractivity contribution in [2.75, 3.05) is 0 Å². The fraction of sp³-hybridized carbons (Fsp3) is 0.0769. The Morgan fingerprint density at radius 2 is 1.53 bits per heavy atom. The average molecular weight is 396 g/mol. The fourth-order valence-electron chi connectivity index (χ4n) is 1.64. The summed E-state index contributed by atoms with van der Waals surface area (Å²) in [6.45, 7) is 0. The Kier molecular flexibility index (Phi) is 4.32. The van der Waals surface area contributed by atoms with Gasteiger partial charge in [0.25, 0.3) is 0 Å². The predicted octanol–water partition coefficient (Wildman–Crippen LogP) is 4.71. The van der Waals surface area contributed by atoms with E-state index < -0.39 is 29.1 Å². The van der Waals surface area contributed by atoms with E-state index in [0.717, 1.165) is 12.1 Å². The van der Waals surface area contributed by atoms with Gasteiger partial charge in [-0.05, 0) is 61.7 Å². The molecule has 0 saturated carbocycles. The van der Waals surface area contributed by atoms with Crippen molar-refractivity contribution in [3.05, 3.63) is 67.9 Å². The zero-order chi connectivity index (χ0) is 14.2. The number of aliphatic hydroxyl groups excluding tert-OH is 1. The van der Waals surface area contributed by atoms with E-state index in [1.54, 1.807) is 0 Å². The second-order valence-corrected chi connectivity index (χ2v) is 5.54. The minimum absolute atomic E-state index is 0.0455. The number of aliphatic hydroxyl groups is 1. The SMILES string of the molecule is OC(c1ccc(F)c(Br)c1)c1c(F)ccc(Br)c1F. The van der Waals surface area contributed by atoms with Crippen LogP contribution in [0, 0.1) is 17.5 Å². The Bertz CT molecular complexity index is 632. The van der Waals surface area contributed by atoms with Crippen LogP contribution in [0.5, 0.6) is 0 Å². The molecule has 6 heteroatoms. The van der Waals surface area contributed by atoms with Gasteiger partial charge in [0.05, 0.1) is 14.5 Å². The van der Waals surface area contributed by atoms with Crippen molar-refractivity contribution >= 4 is 31.9 Å². The summed E-state index contributed by atoms with van der Waals surface area (Å²) in [5.41, 5.74) is -0.294. The molecule has 0 radical (unpaired) electrons. The van der Waals surface area contributed by atoms with Gasteiger partial charge in [0, 0.05) is 0 Å². The van der Waals surface area contributed by atoms with E-state index in [1.165, 1.54) is 18.2 Å². The maximum atomic E-state index is 13.8. The molecule has 1 N–H and O–H groups in total. The Morgan fingerprint density at radius 1 is 0.895 bits per heavy atom. The van der Waals surface area contributed by atoms with Crippen LogP contribution < -0.4 is 0 Å². The Morgan fingerprint density at radius 3 is 2.16 bits per heavy atom. The quantitative estimate of drug-likeness (QED) is 0.730. The van der Waals surface area contributed by atoms with E-state index in [2.05, 4.69) is 31.9 Å². The minimum Gasteiger partial charge on any atom is -0.383 e. The summed E-state index contributed by atoms with van der Waals surface area (Å²) in [4.78, 5) is 0. The van der Waals surface area contributed by atoms with Gasteiger partial charge in [-0.2, -0.15) is 0 Å². The average Bonchev–Trinajstić information content (AvgIpc) is 2.37. The third-order valence-electron chi connectivity index (χ3n) is 2.61. The van der Waals surface area contributed by atoms with Crippen LogP contribution in [0.2, 0.25) is 0 Å². The Balaban J connectivity index is 2.52. The lowest BCUT2D eigenvalue weighted by Gasteiger charge is -2.14. The molecule has 0 aliphatic rings. The smallest absolute Gasteiger partial charge is 0.146 e. The van der Waals surface area contributed by atoms with Gasteiger partial charge >= 0.3 is 0 Å². The number of hydrogen-bond acceptors (Lipinski definition) is 1. The molecule has 100 valence electrons. The zero-order valence-corrected chi connectivity index (χ0v) is 12.5. The van der Waals surface area contributed by atoms with Gasteiger partial charge in [0.2, 0.25) is 0 Å². The van der Waals surface area contributed by atoms with Gasteiger partial charge in [-0.1, -0.05) is 6.07 Å². The number of benzene rings is 2. The molecule has 2 rings (SSSR count). The van der Waals surface area contributed by atoms with Crippen LogP contribution in [-0.4, -0.2) is 5.11 Å². The van der Waals surface area contributed by atoms with Crippen molar-refractivity contribution < 1.29 is 18.3 Å². The maximum Gasteiger partial charge on any atom is 0.146 e. The molecule has 0 bridgehead atoms. The molecular weight excluding hydrogens is 389 g/mol. The summed E-state index contributed by atoms with van der Waals surface area (Å²) in [6.07, 6.45) is -1.52. The normalized spacial score (nSPS) is 12.5. The van der Waals surface area contributed by atoms with Crippen molar-refractivity contribution in [2.24, 2.45) is 0 Å². The van der Waals surface area contributed by atoms with Crippen LogP contribution in [0.3, 0.4) is 0 Å². The van der Waals surface area contributed by atoms with Gasteiger partial charge in [0.15, 0.2) is 0 Å². The monoisotopic (exact) mass is 394 g/mol. The third kappa shape index (κ3) is 2.85. The Hall–Kier alpha value is -0.850. The lowest BCUT2D eigenvalue weighted by Crippen LogP contribution is -2.06. The van der Waals surface area contributed by atoms with Crippen LogP contribution in [0.1, 0.15) is 17.2 Å². The molecule has 0 aliphatic carbocycles. The highest BCUT2D eigenvalue weighted by Crippen LogP contribution is 2.32. The second-order valence-electron chi connectivity index (χ2n) is 3.83. The highest BCUT2D eigenvalue weighted by molar-refractivity contribution is 9.10. The van der Waals surface area contributed by atoms with Gasteiger partial charge < -0.3 is 5.11 Å². The molecule has 1 nitrogen and oxygen atoms in total. The highest BCUT2D eigenvalue weighted by atomic mass is 79.9. The molecule has 0 heterocycles. The summed E-state index contributed by atoms with van der Waals surface area (Å²) in [6, 6.07) is 5.91. The molecule has 2 aromatic rings. The lowest BCUT2D eigenvalue weighted by molar-refractivity contribution is 0.208. The summed E-state index contributed by atoms with van der Waals surface area (Å²) < 4.78 is 40.7. The molecule has 0 aliphatic heterocycles. The molecule has 0 spiro atoms. The molecule has 0 fully saturated rings. The van der Waals surface area contributed by atoms with E-state index in [-0.39, 0.29) is 14.5 Å². The summed E-state index contributed by atoms with van der Waals surface area (Å²) >= 11 is 5.88. The van der Waals surface area contributed by atoms with E-state index in [0.29, 0.717) is 0 Å². The first kappa shape index (κ1) is 14.6. The summed E-state index contributed by atoms with van der Waals surface area (Å²) in [7, 11) is 0. The summed E-state index contributed by atoms with van der Waals surface area (Å²) in [5.74, 6) is -2.27. The van der Waals surface area contributed by atoms with Crippen LogP contribution >= 0.6 is 31.9 Å². The highest BCUT2D eigenvalue weighted by Gasteiger charge is 2.22. The number of hydrogen-bond donors (Lipinski definition) is 1. The van der Waals surface area contributed by atoms with Crippen LogP contribution in [-0.2, 0) is 0 Å². The predicted molar refractivity (Wildman–Crippen MR) is 72.2 cm³/mol. The molecule has 0 aromatic heterocycles. The van der Waals surface area contributed by atoms with Crippen LogP contribution in [0.15, 0.2) is 39.3 Å². The molecule has 0 amide bonds. The lowest BCUT2D eigenvalue weighted by atomic mass is 10.0. The third-order valence-corrected chi connectivity index (χ3v) is 3.83. The van der Waals surface area contributed by atoms with E-state index in [9.17, 15) is 18.3 Å². The summed E-state index contributed by atoms with van der Waals surface area (Å²) in [5, 5.41) is 10.0. The van der Waals surface area contributed by atoms with E-state index in [4.69, 9.17) is 0 Å². The first-order valence-corrected chi connectivity index (χ1v) is 6.77. The van der Waals surface area contributed by atoms with Crippen molar-refractivity contribution in [3.63, 3.8) is 0 Å². The molecule has 0 saturated heterocycles. The first-order chi connectivity index (χ1) is 8.91. The van der Waals surface area contributed by atoms with Crippen LogP contribution in [0.4, 0.5) is 13.2 Å². The van der Waals surface area contributed by atoms with E-state index in [1.807, 2.05) is 0 Å². The van der Waals surface area contributed by atoms with Crippen molar-refractivity contribution in [2.45, 2.75) is 6.10 Å². The van der Waals surface area contributed by atoms with E-state index >= 15 is 0 Å². The first-order valence-electron chi connectivity index (χ1n) is 5.18. The molecule has 2 aromatic carbocycles. The van der Waals surface area contributed by atoms with Gasteiger partial charge in [-0.3, -0.25) is 0 Å². The molecule has 19 heavy (non-hydrogen) atoms.